The molecule has 5 nitrogen and oxygen atoms in total. The summed E-state index contributed by atoms with van der Waals surface area (Å²) in [5, 5.41) is 0. The van der Waals surface area contributed by atoms with Crippen LogP contribution in [0.5, 0.6) is 0 Å². The van der Waals surface area contributed by atoms with Crippen molar-refractivity contribution in [1.82, 2.24) is 3.71 Å². The van der Waals surface area contributed by atoms with Crippen molar-refractivity contribution in [2.75, 3.05) is 0 Å². The number of hydrogen-bond acceptors (Lipinski definition) is 4. The Labute approximate surface area is 126 Å². The van der Waals surface area contributed by atoms with Crippen molar-refractivity contribution in [2.45, 2.75) is 54.9 Å². The molecule has 1 fully saturated rings. The first-order valence-electron chi connectivity index (χ1n) is 7.25. The minimum Gasteiger partial charge on any atom is -0.206 e. The van der Waals surface area contributed by atoms with Gasteiger partial charge in [-0.3, -0.25) is 0 Å². The molecule has 1 atom stereocenters. The molecule has 116 valence electrons. The van der Waals surface area contributed by atoms with E-state index in [4.69, 9.17) is 0 Å². The van der Waals surface area contributed by atoms with Crippen molar-refractivity contribution < 1.29 is 16.8 Å². The fourth-order valence-electron chi connectivity index (χ4n) is 3.43. The number of hydrogen-bond donors (Lipinski definition) is 0. The van der Waals surface area contributed by atoms with E-state index < -0.39 is 26.1 Å². The summed E-state index contributed by atoms with van der Waals surface area (Å²) in [4.78, 5) is -0.180. The minimum atomic E-state index is -3.96. The molecular formula is C14H19NO4S2. The molecule has 3 rings (SSSR count). The highest BCUT2D eigenvalue weighted by Crippen LogP contribution is 2.41. The Balaban J connectivity index is 2.08. The Kier molecular flexibility index (Phi) is 3.62. The van der Waals surface area contributed by atoms with Crippen LogP contribution in [0.3, 0.4) is 0 Å². The van der Waals surface area contributed by atoms with Crippen molar-refractivity contribution >= 4 is 20.0 Å². The van der Waals surface area contributed by atoms with Gasteiger partial charge in [0.05, 0.1) is 0 Å². The van der Waals surface area contributed by atoms with E-state index in [-0.39, 0.29) is 15.7 Å². The van der Waals surface area contributed by atoms with Gasteiger partial charge in [0.25, 0.3) is 20.0 Å². The molecule has 21 heavy (non-hydrogen) atoms. The van der Waals surface area contributed by atoms with Crippen molar-refractivity contribution in [3.63, 3.8) is 0 Å². The molecule has 0 bridgehead atoms. The Bertz CT molecular complexity index is 696. The fourth-order valence-corrected chi connectivity index (χ4v) is 8.33. The normalized spacial score (nSPS) is 26.3. The van der Waals surface area contributed by atoms with Gasteiger partial charge in [0, 0.05) is 6.04 Å². The molecule has 1 aromatic carbocycles. The standard InChI is InChI=1S/C14H19NO4S2/c1-11(12-7-3-2-4-8-12)15-20(16,17)13-9-5-6-10-14(13)21(15,18)19/h5-6,9-12H,2-4,7-8H2,1H3/t11-/m1/s1. The van der Waals surface area contributed by atoms with Gasteiger partial charge in [-0.1, -0.05) is 35.1 Å². The predicted octanol–water partition coefficient (Wildman–Crippen LogP) is 2.35. The third-order valence-corrected chi connectivity index (χ3v) is 9.29. The zero-order valence-electron chi connectivity index (χ0n) is 11.9. The van der Waals surface area contributed by atoms with Gasteiger partial charge in [-0.25, -0.2) is 16.8 Å². The van der Waals surface area contributed by atoms with Crippen LogP contribution in [0, 0.1) is 5.92 Å². The first kappa shape index (κ1) is 15.0. The first-order chi connectivity index (χ1) is 9.87. The summed E-state index contributed by atoms with van der Waals surface area (Å²) in [7, 11) is -7.91. The van der Waals surface area contributed by atoms with Crippen molar-refractivity contribution in [2.24, 2.45) is 5.92 Å². The maximum atomic E-state index is 12.6. The molecule has 0 N–H and O–H groups in total. The van der Waals surface area contributed by atoms with E-state index in [1.807, 2.05) is 0 Å². The Morgan fingerprint density at radius 2 is 1.43 bits per heavy atom. The van der Waals surface area contributed by atoms with Gasteiger partial charge < -0.3 is 0 Å². The monoisotopic (exact) mass is 329 g/mol. The molecule has 0 unspecified atom stereocenters. The van der Waals surface area contributed by atoms with Crippen LogP contribution in [0.1, 0.15) is 39.0 Å². The topological polar surface area (TPSA) is 71.5 Å². The second kappa shape index (κ2) is 5.07. The SMILES string of the molecule is C[C@H](C1CCCCC1)N1S(=O)(=O)c2ccccc2S1(=O)=O. The van der Waals surface area contributed by atoms with E-state index in [1.165, 1.54) is 12.1 Å². The van der Waals surface area contributed by atoms with Gasteiger partial charge in [-0.2, -0.15) is 0 Å². The number of rotatable bonds is 2. The first-order valence-corrected chi connectivity index (χ1v) is 10.1. The molecule has 0 saturated heterocycles. The largest absolute Gasteiger partial charge is 0.257 e. The maximum Gasteiger partial charge on any atom is 0.257 e. The molecule has 0 aromatic heterocycles. The number of sulfonamides is 2. The van der Waals surface area contributed by atoms with Crippen LogP contribution >= 0.6 is 0 Å². The smallest absolute Gasteiger partial charge is 0.206 e. The maximum absolute atomic E-state index is 12.6. The van der Waals surface area contributed by atoms with Crippen LogP contribution in [0.2, 0.25) is 0 Å². The van der Waals surface area contributed by atoms with E-state index in [9.17, 15) is 16.8 Å². The molecule has 0 spiro atoms. The summed E-state index contributed by atoms with van der Waals surface area (Å²) in [6, 6.07) is 5.33. The van der Waals surface area contributed by atoms with Crippen LogP contribution in [-0.2, 0) is 20.0 Å². The van der Waals surface area contributed by atoms with Crippen LogP contribution in [-0.4, -0.2) is 26.6 Å². The molecule has 2 aliphatic rings. The Morgan fingerprint density at radius 3 is 1.90 bits per heavy atom. The van der Waals surface area contributed by atoms with E-state index in [1.54, 1.807) is 19.1 Å². The average molecular weight is 329 g/mol. The highest BCUT2D eigenvalue weighted by Gasteiger charge is 2.50. The minimum absolute atomic E-state index is 0.0901. The molecule has 1 aliphatic carbocycles. The quantitative estimate of drug-likeness (QED) is 0.835. The van der Waals surface area contributed by atoms with Gasteiger partial charge in [-0.15, -0.1) is 0 Å². The number of benzene rings is 1. The molecule has 0 radical (unpaired) electrons. The van der Waals surface area contributed by atoms with E-state index in [0.717, 1.165) is 35.8 Å². The summed E-state index contributed by atoms with van der Waals surface area (Å²) < 4.78 is 51.3. The van der Waals surface area contributed by atoms with Crippen LogP contribution in [0.15, 0.2) is 34.1 Å². The van der Waals surface area contributed by atoms with E-state index in [2.05, 4.69) is 0 Å². The summed E-state index contributed by atoms with van der Waals surface area (Å²) in [5.41, 5.74) is 0. The van der Waals surface area contributed by atoms with E-state index in [0.29, 0.717) is 0 Å². The highest BCUT2D eigenvalue weighted by atomic mass is 32.3. The molecule has 7 heteroatoms. The van der Waals surface area contributed by atoms with Gasteiger partial charge in [0.1, 0.15) is 9.79 Å². The van der Waals surface area contributed by atoms with Gasteiger partial charge in [0.15, 0.2) is 0 Å². The second-order valence-electron chi connectivity index (χ2n) is 5.82. The lowest BCUT2D eigenvalue weighted by Crippen LogP contribution is -2.43. The van der Waals surface area contributed by atoms with Gasteiger partial charge in [0.2, 0.25) is 0 Å². The predicted molar refractivity (Wildman–Crippen MR) is 78.7 cm³/mol. The molecule has 1 heterocycles. The van der Waals surface area contributed by atoms with Gasteiger partial charge >= 0.3 is 0 Å². The lowest BCUT2D eigenvalue weighted by atomic mass is 9.85. The summed E-state index contributed by atoms with van der Waals surface area (Å²) in [6.45, 7) is 1.72. The Hall–Kier alpha value is -0.920. The molecule has 0 amide bonds. The second-order valence-corrected chi connectivity index (χ2v) is 9.62. The molecule has 1 aliphatic heterocycles. The van der Waals surface area contributed by atoms with Crippen LogP contribution in [0.25, 0.3) is 0 Å². The van der Waals surface area contributed by atoms with Crippen molar-refractivity contribution in [3.8, 4) is 0 Å². The number of fused-ring (bicyclic) bond motifs is 1. The summed E-state index contributed by atoms with van der Waals surface area (Å²) in [5.74, 6) is 0.109. The zero-order valence-corrected chi connectivity index (χ0v) is 13.5. The highest BCUT2D eigenvalue weighted by molar-refractivity contribution is 8.06. The van der Waals surface area contributed by atoms with Crippen LogP contribution in [0.4, 0.5) is 0 Å². The average Bonchev–Trinajstić information content (AvgIpc) is 2.63. The lowest BCUT2D eigenvalue weighted by Gasteiger charge is -2.32. The Morgan fingerprint density at radius 1 is 0.952 bits per heavy atom. The van der Waals surface area contributed by atoms with Crippen molar-refractivity contribution in [3.05, 3.63) is 24.3 Å². The molecular weight excluding hydrogens is 310 g/mol. The number of nitrogens with zero attached hydrogens (tertiary/aromatic N) is 1. The van der Waals surface area contributed by atoms with Gasteiger partial charge in [-0.05, 0) is 37.8 Å². The summed E-state index contributed by atoms with van der Waals surface area (Å²) >= 11 is 0. The molecule has 1 aromatic rings. The fraction of sp³-hybridized carbons (Fsp3) is 0.571. The lowest BCUT2D eigenvalue weighted by molar-refractivity contribution is 0.258. The van der Waals surface area contributed by atoms with E-state index >= 15 is 0 Å². The molecule has 1 saturated carbocycles. The van der Waals surface area contributed by atoms with Crippen molar-refractivity contribution in [1.29, 1.82) is 0 Å². The third kappa shape index (κ3) is 2.22. The third-order valence-electron chi connectivity index (χ3n) is 4.54. The van der Waals surface area contributed by atoms with Crippen LogP contribution < -0.4 is 0 Å². The summed E-state index contributed by atoms with van der Waals surface area (Å²) in [6.07, 6.45) is 4.99. The zero-order chi connectivity index (χ0) is 15.3.